The van der Waals surface area contributed by atoms with E-state index in [9.17, 15) is 13.6 Å². The number of hydrogen-bond acceptors (Lipinski definition) is 2. The Morgan fingerprint density at radius 1 is 1.24 bits per heavy atom. The maximum Gasteiger partial charge on any atom is 0.251 e. The number of rotatable bonds is 5. The van der Waals surface area contributed by atoms with Crippen LogP contribution in [0.25, 0.3) is 0 Å². The molecule has 0 atom stereocenters. The van der Waals surface area contributed by atoms with Gasteiger partial charge in [0.2, 0.25) is 0 Å². The second kappa shape index (κ2) is 7.97. The van der Waals surface area contributed by atoms with E-state index in [1.807, 2.05) is 0 Å². The van der Waals surface area contributed by atoms with Crippen molar-refractivity contribution in [2.45, 2.75) is 12.8 Å². The second-order valence-corrected chi connectivity index (χ2v) is 3.38. The Hall–Kier alpha value is -1.20. The summed E-state index contributed by atoms with van der Waals surface area (Å²) in [4.78, 5) is 11.4. The van der Waals surface area contributed by atoms with Crippen molar-refractivity contribution < 1.29 is 13.6 Å². The number of halogens is 3. The fourth-order valence-corrected chi connectivity index (χ4v) is 1.21. The van der Waals surface area contributed by atoms with E-state index in [1.54, 1.807) is 0 Å². The van der Waals surface area contributed by atoms with Crippen LogP contribution in [0.5, 0.6) is 0 Å². The summed E-state index contributed by atoms with van der Waals surface area (Å²) in [5, 5.41) is 2.60. The van der Waals surface area contributed by atoms with Crippen molar-refractivity contribution in [1.82, 2.24) is 5.32 Å². The number of nitrogens with one attached hydrogen (secondary N) is 1. The summed E-state index contributed by atoms with van der Waals surface area (Å²) in [5.41, 5.74) is 5.41. The average Bonchev–Trinajstić information content (AvgIpc) is 2.28. The molecule has 0 saturated carbocycles. The first-order valence-electron chi connectivity index (χ1n) is 5.08. The van der Waals surface area contributed by atoms with E-state index < -0.39 is 17.5 Å². The van der Waals surface area contributed by atoms with E-state index in [0.29, 0.717) is 13.1 Å². The maximum atomic E-state index is 12.8. The average molecular weight is 265 g/mol. The SMILES string of the molecule is Cl.NCCCCNC(=O)c1ccc(F)c(F)c1. The molecule has 0 heterocycles. The minimum Gasteiger partial charge on any atom is -0.352 e. The Labute approximate surface area is 105 Å². The van der Waals surface area contributed by atoms with E-state index in [1.165, 1.54) is 6.07 Å². The Kier molecular flexibility index (Phi) is 7.41. The van der Waals surface area contributed by atoms with Crippen LogP contribution in [-0.4, -0.2) is 19.0 Å². The van der Waals surface area contributed by atoms with Crippen molar-refractivity contribution in [2.24, 2.45) is 5.73 Å². The number of carbonyl (C=O) groups excluding carboxylic acids is 1. The van der Waals surface area contributed by atoms with Crippen LogP contribution in [0.3, 0.4) is 0 Å². The molecule has 0 aliphatic rings. The molecule has 3 nitrogen and oxygen atoms in total. The van der Waals surface area contributed by atoms with Gasteiger partial charge in [-0.25, -0.2) is 8.78 Å². The number of hydrogen-bond donors (Lipinski definition) is 2. The molecule has 96 valence electrons. The number of amides is 1. The van der Waals surface area contributed by atoms with Gasteiger partial charge < -0.3 is 11.1 Å². The predicted octanol–water partition coefficient (Wildman–Crippen LogP) is 1.86. The molecule has 1 amide bonds. The monoisotopic (exact) mass is 264 g/mol. The lowest BCUT2D eigenvalue weighted by Gasteiger charge is -2.04. The Balaban J connectivity index is 0.00000256. The number of nitrogens with two attached hydrogens (primary N) is 1. The third-order valence-electron chi connectivity index (χ3n) is 2.10. The topological polar surface area (TPSA) is 55.1 Å². The van der Waals surface area contributed by atoms with Crippen LogP contribution >= 0.6 is 12.4 Å². The molecule has 0 unspecified atom stereocenters. The largest absolute Gasteiger partial charge is 0.352 e. The number of unbranched alkanes of at least 4 members (excludes halogenated alkanes) is 1. The lowest BCUT2D eigenvalue weighted by Crippen LogP contribution is -2.25. The van der Waals surface area contributed by atoms with Gasteiger partial charge in [0.25, 0.3) is 5.91 Å². The lowest BCUT2D eigenvalue weighted by atomic mass is 10.2. The van der Waals surface area contributed by atoms with Gasteiger partial charge >= 0.3 is 0 Å². The molecular weight excluding hydrogens is 250 g/mol. The molecular formula is C11H15ClF2N2O. The van der Waals surface area contributed by atoms with Crippen molar-refractivity contribution in [2.75, 3.05) is 13.1 Å². The molecule has 0 fully saturated rings. The van der Waals surface area contributed by atoms with Gasteiger partial charge in [-0.15, -0.1) is 12.4 Å². The third kappa shape index (κ3) is 5.10. The summed E-state index contributed by atoms with van der Waals surface area (Å²) in [7, 11) is 0. The molecule has 0 aromatic heterocycles. The van der Waals surface area contributed by atoms with Crippen LogP contribution in [0.2, 0.25) is 0 Å². The minimum absolute atomic E-state index is 0. The summed E-state index contributed by atoms with van der Waals surface area (Å²) in [5.74, 6) is -2.38. The fraction of sp³-hybridized carbons (Fsp3) is 0.364. The summed E-state index contributed by atoms with van der Waals surface area (Å²) >= 11 is 0. The molecule has 1 aromatic rings. The quantitative estimate of drug-likeness (QED) is 0.798. The van der Waals surface area contributed by atoms with Crippen molar-refractivity contribution in [3.8, 4) is 0 Å². The van der Waals surface area contributed by atoms with Crippen molar-refractivity contribution >= 4 is 18.3 Å². The van der Waals surface area contributed by atoms with Gasteiger partial charge in [0.05, 0.1) is 0 Å². The molecule has 0 saturated heterocycles. The van der Waals surface area contributed by atoms with Crippen LogP contribution in [-0.2, 0) is 0 Å². The highest BCUT2D eigenvalue weighted by Gasteiger charge is 2.08. The molecule has 0 radical (unpaired) electrons. The number of benzene rings is 1. The first kappa shape index (κ1) is 15.8. The molecule has 0 bridgehead atoms. The van der Waals surface area contributed by atoms with E-state index in [0.717, 1.165) is 25.0 Å². The van der Waals surface area contributed by atoms with Crippen LogP contribution in [0.1, 0.15) is 23.2 Å². The van der Waals surface area contributed by atoms with Gasteiger partial charge in [-0.1, -0.05) is 0 Å². The normalized spacial score (nSPS) is 9.59. The molecule has 0 aliphatic carbocycles. The Morgan fingerprint density at radius 2 is 1.94 bits per heavy atom. The second-order valence-electron chi connectivity index (χ2n) is 3.38. The van der Waals surface area contributed by atoms with Gasteiger partial charge in [-0.3, -0.25) is 4.79 Å². The zero-order chi connectivity index (χ0) is 12.0. The fourth-order valence-electron chi connectivity index (χ4n) is 1.21. The van der Waals surface area contributed by atoms with Gasteiger partial charge in [-0.05, 0) is 37.6 Å². The van der Waals surface area contributed by atoms with Crippen LogP contribution in [0, 0.1) is 11.6 Å². The van der Waals surface area contributed by atoms with E-state index in [2.05, 4.69) is 5.32 Å². The first-order valence-corrected chi connectivity index (χ1v) is 5.08. The zero-order valence-corrected chi connectivity index (χ0v) is 10.0. The lowest BCUT2D eigenvalue weighted by molar-refractivity contribution is 0.0952. The van der Waals surface area contributed by atoms with E-state index in [-0.39, 0.29) is 18.0 Å². The summed E-state index contributed by atoms with van der Waals surface area (Å²) in [6.07, 6.45) is 1.59. The molecule has 1 aromatic carbocycles. The van der Waals surface area contributed by atoms with Crippen molar-refractivity contribution in [3.63, 3.8) is 0 Å². The highest BCUT2D eigenvalue weighted by Crippen LogP contribution is 2.08. The van der Waals surface area contributed by atoms with E-state index >= 15 is 0 Å². The van der Waals surface area contributed by atoms with Crippen molar-refractivity contribution in [3.05, 3.63) is 35.4 Å². The van der Waals surface area contributed by atoms with Crippen LogP contribution in [0.15, 0.2) is 18.2 Å². The molecule has 3 N–H and O–H groups in total. The summed E-state index contributed by atoms with van der Waals surface area (Å²) < 4.78 is 25.4. The van der Waals surface area contributed by atoms with Crippen LogP contribution < -0.4 is 11.1 Å². The van der Waals surface area contributed by atoms with Gasteiger partial charge in [0.15, 0.2) is 11.6 Å². The zero-order valence-electron chi connectivity index (χ0n) is 9.21. The molecule has 17 heavy (non-hydrogen) atoms. The Bertz CT molecular complexity index is 374. The molecule has 1 rings (SSSR count). The third-order valence-corrected chi connectivity index (χ3v) is 2.10. The standard InChI is InChI=1S/C11H14F2N2O.ClH/c12-9-4-3-8(7-10(9)13)11(16)15-6-2-1-5-14;/h3-4,7H,1-2,5-6,14H2,(H,15,16);1H. The van der Waals surface area contributed by atoms with Gasteiger partial charge in [0.1, 0.15) is 0 Å². The van der Waals surface area contributed by atoms with E-state index in [4.69, 9.17) is 5.73 Å². The summed E-state index contributed by atoms with van der Waals surface area (Å²) in [6, 6.07) is 3.06. The maximum absolute atomic E-state index is 12.8. The highest BCUT2D eigenvalue weighted by molar-refractivity contribution is 5.94. The highest BCUT2D eigenvalue weighted by atomic mass is 35.5. The molecule has 6 heteroatoms. The van der Waals surface area contributed by atoms with Gasteiger partial charge in [-0.2, -0.15) is 0 Å². The Morgan fingerprint density at radius 3 is 2.53 bits per heavy atom. The van der Waals surface area contributed by atoms with Crippen LogP contribution in [0.4, 0.5) is 8.78 Å². The van der Waals surface area contributed by atoms with Crippen molar-refractivity contribution in [1.29, 1.82) is 0 Å². The summed E-state index contributed by atoms with van der Waals surface area (Å²) in [6.45, 7) is 1.05. The smallest absolute Gasteiger partial charge is 0.251 e. The van der Waals surface area contributed by atoms with Gasteiger partial charge in [0, 0.05) is 12.1 Å². The predicted molar refractivity (Wildman–Crippen MR) is 64.2 cm³/mol. The minimum atomic E-state index is -1.02. The first-order chi connectivity index (χ1) is 7.65. The number of carbonyl (C=O) groups is 1. The molecule has 0 aliphatic heterocycles. The molecule has 0 spiro atoms.